The van der Waals surface area contributed by atoms with Gasteiger partial charge in [-0.1, -0.05) is 48.0 Å². The molecule has 122 valence electrons. The molecule has 0 aliphatic carbocycles. The van der Waals surface area contributed by atoms with Gasteiger partial charge in [-0.25, -0.2) is 4.98 Å². The van der Waals surface area contributed by atoms with E-state index in [0.717, 1.165) is 27.2 Å². The largest absolute Gasteiger partial charge is 0.322 e. The lowest BCUT2D eigenvalue weighted by Crippen LogP contribution is -2.13. The van der Waals surface area contributed by atoms with Crippen molar-refractivity contribution in [2.45, 2.75) is 0 Å². The summed E-state index contributed by atoms with van der Waals surface area (Å²) in [4.78, 5) is 18.5. The molecule has 1 amide bonds. The Morgan fingerprint density at radius 3 is 2.48 bits per heavy atom. The van der Waals surface area contributed by atoms with Crippen molar-refractivity contribution in [3.8, 4) is 10.6 Å². The van der Waals surface area contributed by atoms with E-state index >= 15 is 0 Å². The van der Waals surface area contributed by atoms with Gasteiger partial charge in [0, 0.05) is 11.1 Å². The predicted molar refractivity (Wildman–Crippen MR) is 104 cm³/mol. The number of amides is 1. The second-order valence-electron chi connectivity index (χ2n) is 5.50. The summed E-state index contributed by atoms with van der Waals surface area (Å²) in [5.74, 6) is -0.159. The molecule has 0 spiro atoms. The summed E-state index contributed by atoms with van der Waals surface area (Å²) in [5.41, 5.74) is 2.87. The summed E-state index contributed by atoms with van der Waals surface area (Å²) in [6, 6.07) is 22.6. The highest BCUT2D eigenvalue weighted by Gasteiger charge is 2.15. The third kappa shape index (κ3) is 3.27. The monoisotopic (exact) mass is 364 g/mol. The zero-order valence-corrected chi connectivity index (χ0v) is 14.6. The van der Waals surface area contributed by atoms with Gasteiger partial charge >= 0.3 is 0 Å². The maximum absolute atomic E-state index is 12.9. The lowest BCUT2D eigenvalue weighted by molar-refractivity contribution is 0.102. The summed E-state index contributed by atoms with van der Waals surface area (Å²) < 4.78 is 0.695. The molecule has 4 aromatic rings. The van der Waals surface area contributed by atoms with Crippen molar-refractivity contribution >= 4 is 45.4 Å². The van der Waals surface area contributed by atoms with Crippen LogP contribution in [0.5, 0.6) is 0 Å². The third-order valence-electron chi connectivity index (χ3n) is 3.82. The second-order valence-corrected chi connectivity index (χ2v) is 7.21. The van der Waals surface area contributed by atoms with Gasteiger partial charge in [0.25, 0.3) is 5.91 Å². The maximum atomic E-state index is 12.9. The van der Waals surface area contributed by atoms with Crippen molar-refractivity contribution in [2.24, 2.45) is 0 Å². The predicted octanol–water partition coefficient (Wildman–Crippen LogP) is 5.87. The number of aromatic nitrogens is 1. The van der Waals surface area contributed by atoms with Crippen LogP contribution in [0.2, 0.25) is 4.34 Å². The molecule has 25 heavy (non-hydrogen) atoms. The quantitative estimate of drug-likeness (QED) is 0.494. The van der Waals surface area contributed by atoms with Gasteiger partial charge in [-0.05, 0) is 36.4 Å². The average molecular weight is 365 g/mol. The number of thiophene rings is 1. The molecule has 0 bridgehead atoms. The van der Waals surface area contributed by atoms with Gasteiger partial charge in [0.1, 0.15) is 0 Å². The van der Waals surface area contributed by atoms with E-state index in [4.69, 9.17) is 11.6 Å². The van der Waals surface area contributed by atoms with Crippen molar-refractivity contribution in [3.63, 3.8) is 0 Å². The Morgan fingerprint density at radius 1 is 0.960 bits per heavy atom. The van der Waals surface area contributed by atoms with E-state index in [1.807, 2.05) is 72.8 Å². The molecule has 4 rings (SSSR count). The Bertz CT molecular complexity index is 1060. The summed E-state index contributed by atoms with van der Waals surface area (Å²) in [5, 5.41) is 3.77. The summed E-state index contributed by atoms with van der Waals surface area (Å²) in [7, 11) is 0. The molecular formula is C20H13ClN2OS. The number of rotatable bonds is 3. The van der Waals surface area contributed by atoms with Crippen LogP contribution in [0.25, 0.3) is 21.5 Å². The van der Waals surface area contributed by atoms with E-state index in [1.54, 1.807) is 0 Å². The number of hydrogen-bond donors (Lipinski definition) is 1. The Kier molecular flexibility index (Phi) is 4.22. The molecule has 0 aliphatic rings. The van der Waals surface area contributed by atoms with Crippen molar-refractivity contribution < 1.29 is 4.79 Å². The second kappa shape index (κ2) is 6.67. The molecule has 0 fully saturated rings. The topological polar surface area (TPSA) is 42.0 Å². The fraction of sp³-hybridized carbons (Fsp3) is 0. The lowest BCUT2D eigenvalue weighted by atomic mass is 10.1. The number of carbonyl (C=O) groups excluding carboxylic acids is 1. The van der Waals surface area contributed by atoms with E-state index in [1.165, 1.54) is 11.3 Å². The van der Waals surface area contributed by atoms with Crippen molar-refractivity contribution in [1.29, 1.82) is 0 Å². The minimum Gasteiger partial charge on any atom is -0.322 e. The van der Waals surface area contributed by atoms with Crippen LogP contribution in [0.3, 0.4) is 0 Å². The number of pyridine rings is 1. The molecule has 5 heteroatoms. The zero-order chi connectivity index (χ0) is 17.2. The number of benzene rings is 2. The maximum Gasteiger partial charge on any atom is 0.256 e. The smallest absolute Gasteiger partial charge is 0.256 e. The molecule has 0 aliphatic heterocycles. The number of fused-ring (bicyclic) bond motifs is 1. The first-order valence-electron chi connectivity index (χ1n) is 7.72. The van der Waals surface area contributed by atoms with Crippen LogP contribution >= 0.6 is 22.9 Å². The third-order valence-corrected chi connectivity index (χ3v) is 5.07. The van der Waals surface area contributed by atoms with Crippen molar-refractivity contribution in [1.82, 2.24) is 4.98 Å². The number of para-hydroxylation sites is 2. The van der Waals surface area contributed by atoms with Crippen LogP contribution in [-0.2, 0) is 0 Å². The van der Waals surface area contributed by atoms with Gasteiger partial charge in [0.05, 0.1) is 26.0 Å². The number of nitrogens with zero attached hydrogens (tertiary/aromatic N) is 1. The van der Waals surface area contributed by atoms with Crippen LogP contribution in [-0.4, -0.2) is 10.9 Å². The normalized spacial score (nSPS) is 10.8. The SMILES string of the molecule is O=C(Nc1ccccc1)c1cc(-c2ccc(Cl)s2)nc2ccccc12. The van der Waals surface area contributed by atoms with Gasteiger partial charge in [0.2, 0.25) is 0 Å². The first-order chi connectivity index (χ1) is 12.2. The minimum atomic E-state index is -0.159. The molecule has 1 N–H and O–H groups in total. The summed E-state index contributed by atoms with van der Waals surface area (Å²) in [6.07, 6.45) is 0. The molecule has 2 aromatic heterocycles. The lowest BCUT2D eigenvalue weighted by Gasteiger charge is -2.10. The van der Waals surface area contributed by atoms with Gasteiger partial charge in [-0.2, -0.15) is 0 Å². The van der Waals surface area contributed by atoms with E-state index in [2.05, 4.69) is 10.3 Å². The number of anilines is 1. The molecular weight excluding hydrogens is 352 g/mol. The highest BCUT2D eigenvalue weighted by molar-refractivity contribution is 7.19. The minimum absolute atomic E-state index is 0.159. The fourth-order valence-corrected chi connectivity index (χ4v) is 3.67. The van der Waals surface area contributed by atoms with Crippen LogP contribution in [0.15, 0.2) is 72.8 Å². The average Bonchev–Trinajstić information content (AvgIpc) is 3.08. The van der Waals surface area contributed by atoms with Crippen LogP contribution < -0.4 is 5.32 Å². The number of halogens is 1. The van der Waals surface area contributed by atoms with Crippen molar-refractivity contribution in [3.05, 3.63) is 82.7 Å². The number of nitrogens with one attached hydrogen (secondary N) is 1. The van der Waals surface area contributed by atoms with Crippen LogP contribution in [0.4, 0.5) is 5.69 Å². The highest BCUT2D eigenvalue weighted by atomic mass is 35.5. The first kappa shape index (κ1) is 15.8. The molecule has 2 heterocycles. The molecule has 0 saturated carbocycles. The van der Waals surface area contributed by atoms with E-state index in [0.29, 0.717) is 9.90 Å². The van der Waals surface area contributed by atoms with Gasteiger partial charge in [-0.3, -0.25) is 4.79 Å². The number of carbonyl (C=O) groups is 1. The number of hydrogen-bond acceptors (Lipinski definition) is 3. The Labute approximate surface area is 153 Å². The molecule has 0 unspecified atom stereocenters. The molecule has 0 atom stereocenters. The van der Waals surface area contributed by atoms with Crippen LogP contribution in [0.1, 0.15) is 10.4 Å². The molecule has 0 saturated heterocycles. The Morgan fingerprint density at radius 2 is 1.72 bits per heavy atom. The van der Waals surface area contributed by atoms with Crippen molar-refractivity contribution in [2.75, 3.05) is 5.32 Å². The fourth-order valence-electron chi connectivity index (χ4n) is 2.66. The summed E-state index contributed by atoms with van der Waals surface area (Å²) in [6.45, 7) is 0. The van der Waals surface area contributed by atoms with Gasteiger partial charge in [-0.15, -0.1) is 11.3 Å². The Balaban J connectivity index is 1.82. The van der Waals surface area contributed by atoms with E-state index < -0.39 is 0 Å². The van der Waals surface area contributed by atoms with Gasteiger partial charge in [0.15, 0.2) is 0 Å². The highest BCUT2D eigenvalue weighted by Crippen LogP contribution is 2.32. The summed E-state index contributed by atoms with van der Waals surface area (Å²) >= 11 is 7.49. The molecule has 3 nitrogen and oxygen atoms in total. The standard InChI is InChI=1S/C20H13ClN2OS/c21-19-11-10-18(25-19)17-12-15(14-8-4-5-9-16(14)23-17)20(24)22-13-6-2-1-3-7-13/h1-12H,(H,22,24). The zero-order valence-electron chi connectivity index (χ0n) is 13.1. The molecule has 2 aromatic carbocycles. The molecule has 0 radical (unpaired) electrons. The Hall–Kier alpha value is -2.69. The van der Waals surface area contributed by atoms with E-state index in [9.17, 15) is 4.79 Å². The van der Waals surface area contributed by atoms with Gasteiger partial charge < -0.3 is 5.32 Å². The van der Waals surface area contributed by atoms with E-state index in [-0.39, 0.29) is 5.91 Å². The first-order valence-corrected chi connectivity index (χ1v) is 8.92. The van der Waals surface area contributed by atoms with Crippen LogP contribution in [0, 0.1) is 0 Å².